The number of benzene rings is 2. The third-order valence-electron chi connectivity index (χ3n) is 2.59. The smallest absolute Gasteiger partial charge is 0.261 e. The van der Waals surface area contributed by atoms with E-state index in [0.717, 1.165) is 9.64 Å². The molecule has 0 atom stereocenters. The predicted molar refractivity (Wildman–Crippen MR) is 78.2 cm³/mol. The second kappa shape index (κ2) is 5.64. The second-order valence-electron chi connectivity index (χ2n) is 4.02. The minimum atomic E-state index is -0.869. The van der Waals surface area contributed by atoms with Gasteiger partial charge in [0.25, 0.3) is 5.91 Å². The summed E-state index contributed by atoms with van der Waals surface area (Å²) in [4.78, 5) is 11.9. The maximum absolute atomic E-state index is 13.8. The fourth-order valence-electron chi connectivity index (χ4n) is 1.62. The van der Waals surface area contributed by atoms with Crippen LogP contribution in [0.3, 0.4) is 0 Å². The van der Waals surface area contributed by atoms with Crippen molar-refractivity contribution in [2.24, 2.45) is 0 Å². The SMILES string of the molecule is Cc1ccc(F)c(C(=O)Nc2cccc(I)c2)c1F. The Bertz CT molecular complexity index is 643. The molecular formula is C14H10F2INO. The molecule has 0 saturated carbocycles. The summed E-state index contributed by atoms with van der Waals surface area (Å²) in [6, 6.07) is 9.36. The zero-order valence-electron chi connectivity index (χ0n) is 10.0. The Balaban J connectivity index is 2.33. The molecule has 0 saturated heterocycles. The molecule has 0 radical (unpaired) electrons. The van der Waals surface area contributed by atoms with E-state index in [1.54, 1.807) is 18.2 Å². The molecule has 0 unspecified atom stereocenters. The van der Waals surface area contributed by atoms with Gasteiger partial charge in [0.1, 0.15) is 17.2 Å². The highest BCUT2D eigenvalue weighted by molar-refractivity contribution is 14.1. The summed E-state index contributed by atoms with van der Waals surface area (Å²) in [6.07, 6.45) is 0. The Hall–Kier alpha value is -1.50. The van der Waals surface area contributed by atoms with Gasteiger partial charge in [-0.05, 0) is 59.3 Å². The topological polar surface area (TPSA) is 29.1 Å². The highest BCUT2D eigenvalue weighted by Crippen LogP contribution is 2.19. The molecule has 0 aliphatic heterocycles. The number of aryl methyl sites for hydroxylation is 1. The molecule has 0 aliphatic carbocycles. The molecule has 19 heavy (non-hydrogen) atoms. The Labute approximate surface area is 123 Å². The standard InChI is InChI=1S/C14H10F2INO/c1-8-5-6-11(15)12(13(8)16)14(19)18-10-4-2-3-9(17)7-10/h2-7H,1H3,(H,18,19). The van der Waals surface area contributed by atoms with Gasteiger partial charge in [-0.1, -0.05) is 12.1 Å². The van der Waals surface area contributed by atoms with E-state index in [4.69, 9.17) is 0 Å². The molecule has 98 valence electrons. The zero-order chi connectivity index (χ0) is 14.0. The van der Waals surface area contributed by atoms with Crippen LogP contribution >= 0.6 is 22.6 Å². The van der Waals surface area contributed by atoms with Gasteiger partial charge < -0.3 is 5.32 Å². The van der Waals surface area contributed by atoms with Crippen LogP contribution in [0, 0.1) is 22.1 Å². The summed E-state index contributed by atoms with van der Waals surface area (Å²) in [5.74, 6) is -2.49. The number of hydrogen-bond donors (Lipinski definition) is 1. The lowest BCUT2D eigenvalue weighted by atomic mass is 10.1. The van der Waals surface area contributed by atoms with Crippen molar-refractivity contribution < 1.29 is 13.6 Å². The second-order valence-corrected chi connectivity index (χ2v) is 5.26. The molecule has 2 rings (SSSR count). The van der Waals surface area contributed by atoms with Crippen molar-refractivity contribution in [2.45, 2.75) is 6.92 Å². The van der Waals surface area contributed by atoms with E-state index in [1.165, 1.54) is 13.0 Å². The number of amides is 1. The number of nitrogens with one attached hydrogen (secondary N) is 1. The summed E-state index contributed by atoms with van der Waals surface area (Å²) in [5.41, 5.74) is 0.172. The lowest BCUT2D eigenvalue weighted by Crippen LogP contribution is -2.16. The molecule has 2 nitrogen and oxygen atoms in total. The van der Waals surface area contributed by atoms with E-state index in [2.05, 4.69) is 27.9 Å². The highest BCUT2D eigenvalue weighted by atomic mass is 127. The first-order valence-corrected chi connectivity index (χ1v) is 6.58. The largest absolute Gasteiger partial charge is 0.322 e. The van der Waals surface area contributed by atoms with E-state index >= 15 is 0 Å². The molecule has 2 aromatic carbocycles. The van der Waals surface area contributed by atoms with Gasteiger partial charge in [-0.2, -0.15) is 0 Å². The van der Waals surface area contributed by atoms with E-state index < -0.39 is 23.1 Å². The maximum Gasteiger partial charge on any atom is 0.261 e. The number of halogens is 3. The summed E-state index contributed by atoms with van der Waals surface area (Å²) in [6.45, 7) is 1.48. The minimum Gasteiger partial charge on any atom is -0.322 e. The molecule has 0 bridgehead atoms. The van der Waals surface area contributed by atoms with Crippen LogP contribution in [-0.4, -0.2) is 5.91 Å². The molecule has 0 aromatic heterocycles. The quantitative estimate of drug-likeness (QED) is 0.789. The average molecular weight is 373 g/mol. The van der Waals surface area contributed by atoms with E-state index in [1.807, 2.05) is 6.07 Å². The number of rotatable bonds is 2. The Morgan fingerprint density at radius 3 is 2.63 bits per heavy atom. The van der Waals surface area contributed by atoms with Gasteiger partial charge in [-0.15, -0.1) is 0 Å². The van der Waals surface area contributed by atoms with E-state index in [-0.39, 0.29) is 5.56 Å². The first-order valence-electron chi connectivity index (χ1n) is 5.50. The lowest BCUT2D eigenvalue weighted by Gasteiger charge is -2.08. The van der Waals surface area contributed by atoms with Crippen molar-refractivity contribution in [1.82, 2.24) is 0 Å². The van der Waals surface area contributed by atoms with Crippen molar-refractivity contribution in [2.75, 3.05) is 5.32 Å². The molecule has 0 spiro atoms. The van der Waals surface area contributed by atoms with Crippen LogP contribution in [0.1, 0.15) is 15.9 Å². The van der Waals surface area contributed by atoms with Crippen LogP contribution in [0.4, 0.5) is 14.5 Å². The first-order chi connectivity index (χ1) is 8.99. The van der Waals surface area contributed by atoms with Gasteiger partial charge in [-0.3, -0.25) is 4.79 Å². The number of carbonyl (C=O) groups is 1. The van der Waals surface area contributed by atoms with Crippen LogP contribution in [-0.2, 0) is 0 Å². The number of hydrogen-bond acceptors (Lipinski definition) is 1. The minimum absolute atomic E-state index is 0.231. The molecule has 0 fully saturated rings. The van der Waals surface area contributed by atoms with Crippen molar-refractivity contribution in [3.63, 3.8) is 0 Å². The van der Waals surface area contributed by atoms with Gasteiger partial charge in [0, 0.05) is 9.26 Å². The van der Waals surface area contributed by atoms with Crippen molar-refractivity contribution >= 4 is 34.2 Å². The van der Waals surface area contributed by atoms with Crippen molar-refractivity contribution in [3.05, 3.63) is 62.7 Å². The van der Waals surface area contributed by atoms with Crippen LogP contribution in [0.5, 0.6) is 0 Å². The maximum atomic E-state index is 13.8. The fourth-order valence-corrected chi connectivity index (χ4v) is 2.17. The van der Waals surface area contributed by atoms with E-state index in [0.29, 0.717) is 5.69 Å². The van der Waals surface area contributed by atoms with Gasteiger partial charge in [0.15, 0.2) is 0 Å². The summed E-state index contributed by atoms with van der Waals surface area (Å²) in [5, 5.41) is 2.48. The lowest BCUT2D eigenvalue weighted by molar-refractivity contribution is 0.101. The van der Waals surface area contributed by atoms with E-state index in [9.17, 15) is 13.6 Å². The van der Waals surface area contributed by atoms with Crippen LogP contribution < -0.4 is 5.32 Å². The number of carbonyl (C=O) groups excluding carboxylic acids is 1. The fraction of sp³-hybridized carbons (Fsp3) is 0.0714. The van der Waals surface area contributed by atoms with Gasteiger partial charge in [0.2, 0.25) is 0 Å². The molecule has 2 aromatic rings. The van der Waals surface area contributed by atoms with Gasteiger partial charge in [-0.25, -0.2) is 8.78 Å². The summed E-state index contributed by atoms with van der Waals surface area (Å²) >= 11 is 2.09. The molecule has 0 heterocycles. The van der Waals surface area contributed by atoms with Crippen LogP contribution in [0.15, 0.2) is 36.4 Å². The molecule has 1 amide bonds. The Morgan fingerprint density at radius 2 is 1.95 bits per heavy atom. The van der Waals surface area contributed by atoms with Gasteiger partial charge >= 0.3 is 0 Å². The summed E-state index contributed by atoms with van der Waals surface area (Å²) in [7, 11) is 0. The zero-order valence-corrected chi connectivity index (χ0v) is 12.2. The first kappa shape index (κ1) is 13.9. The third-order valence-corrected chi connectivity index (χ3v) is 3.26. The number of anilines is 1. The Kier molecular flexibility index (Phi) is 4.14. The molecular weight excluding hydrogens is 363 g/mol. The summed E-state index contributed by atoms with van der Waals surface area (Å²) < 4.78 is 28.3. The molecule has 1 N–H and O–H groups in total. The normalized spacial score (nSPS) is 10.3. The molecule has 0 aliphatic rings. The Morgan fingerprint density at radius 1 is 1.21 bits per heavy atom. The van der Waals surface area contributed by atoms with Crippen LogP contribution in [0.2, 0.25) is 0 Å². The predicted octanol–water partition coefficient (Wildman–Crippen LogP) is 4.13. The highest BCUT2D eigenvalue weighted by Gasteiger charge is 2.19. The van der Waals surface area contributed by atoms with Crippen molar-refractivity contribution in [1.29, 1.82) is 0 Å². The third kappa shape index (κ3) is 3.09. The van der Waals surface area contributed by atoms with Gasteiger partial charge in [0.05, 0.1) is 0 Å². The monoisotopic (exact) mass is 373 g/mol. The van der Waals surface area contributed by atoms with Crippen LogP contribution in [0.25, 0.3) is 0 Å². The molecule has 5 heteroatoms. The average Bonchev–Trinajstić information content (AvgIpc) is 2.34. The van der Waals surface area contributed by atoms with Crippen molar-refractivity contribution in [3.8, 4) is 0 Å².